The zero-order valence-corrected chi connectivity index (χ0v) is 14.8. The highest BCUT2D eigenvalue weighted by atomic mass is 35.5. The van der Waals surface area contributed by atoms with Gasteiger partial charge in [0.15, 0.2) is 0 Å². The Balaban J connectivity index is 1.61. The minimum atomic E-state index is 0.133. The molecule has 23 heavy (non-hydrogen) atoms. The van der Waals surface area contributed by atoms with E-state index in [1.54, 1.807) is 13.2 Å². The molecule has 0 saturated carbocycles. The molecule has 2 atom stereocenters. The molecule has 0 bridgehead atoms. The van der Waals surface area contributed by atoms with Crippen LogP contribution >= 0.6 is 23.2 Å². The molecule has 0 aromatic heterocycles. The molecule has 0 aliphatic carbocycles. The Kier molecular flexibility index (Phi) is 5.67. The van der Waals surface area contributed by atoms with Crippen molar-refractivity contribution in [3.63, 3.8) is 0 Å². The van der Waals surface area contributed by atoms with Gasteiger partial charge in [-0.2, -0.15) is 0 Å². The van der Waals surface area contributed by atoms with Crippen LogP contribution < -0.4 is 10.5 Å². The maximum absolute atomic E-state index is 6.21. The molecule has 5 nitrogen and oxygen atoms in total. The van der Waals surface area contributed by atoms with Crippen LogP contribution in [0.1, 0.15) is 5.56 Å². The highest BCUT2D eigenvalue weighted by Crippen LogP contribution is 2.33. The molecule has 1 aromatic carbocycles. The van der Waals surface area contributed by atoms with E-state index >= 15 is 0 Å². The van der Waals surface area contributed by atoms with Gasteiger partial charge in [-0.3, -0.25) is 9.80 Å². The molecule has 0 unspecified atom stereocenters. The first-order valence-electron chi connectivity index (χ1n) is 7.90. The van der Waals surface area contributed by atoms with Crippen LogP contribution in [0.4, 0.5) is 0 Å². The Morgan fingerprint density at radius 1 is 1.22 bits per heavy atom. The largest absolute Gasteiger partial charge is 0.495 e. The van der Waals surface area contributed by atoms with E-state index in [1.807, 2.05) is 6.07 Å². The summed E-state index contributed by atoms with van der Waals surface area (Å²) in [6.45, 7) is 6.16. The fraction of sp³-hybridized carbons (Fsp3) is 0.625. The molecular formula is C16H23Cl2N3O2. The van der Waals surface area contributed by atoms with E-state index in [0.29, 0.717) is 28.4 Å². The second-order valence-corrected chi connectivity index (χ2v) is 7.00. The number of benzene rings is 1. The van der Waals surface area contributed by atoms with Crippen molar-refractivity contribution < 1.29 is 9.47 Å². The first-order chi connectivity index (χ1) is 11.1. The number of ether oxygens (including phenoxy) is 2. The minimum absolute atomic E-state index is 0.133. The molecule has 128 valence electrons. The topological polar surface area (TPSA) is 51.0 Å². The van der Waals surface area contributed by atoms with Crippen molar-refractivity contribution in [1.29, 1.82) is 0 Å². The molecule has 7 heteroatoms. The van der Waals surface area contributed by atoms with Crippen LogP contribution in [0.5, 0.6) is 5.75 Å². The van der Waals surface area contributed by atoms with Gasteiger partial charge in [-0.15, -0.1) is 0 Å². The summed E-state index contributed by atoms with van der Waals surface area (Å²) in [6, 6.07) is 4.13. The summed E-state index contributed by atoms with van der Waals surface area (Å²) in [5.74, 6) is 0.713. The van der Waals surface area contributed by atoms with Gasteiger partial charge in [0.25, 0.3) is 0 Å². The average Bonchev–Trinajstić information content (AvgIpc) is 2.94. The van der Waals surface area contributed by atoms with Crippen LogP contribution in [-0.2, 0) is 11.3 Å². The Morgan fingerprint density at radius 2 is 1.96 bits per heavy atom. The lowest BCUT2D eigenvalue weighted by Crippen LogP contribution is -2.55. The van der Waals surface area contributed by atoms with E-state index < -0.39 is 0 Å². The quantitative estimate of drug-likeness (QED) is 0.888. The number of hydrogen-bond donors (Lipinski definition) is 1. The molecule has 0 spiro atoms. The van der Waals surface area contributed by atoms with Crippen LogP contribution in [0.3, 0.4) is 0 Å². The van der Waals surface area contributed by atoms with Gasteiger partial charge in [0.05, 0.1) is 31.4 Å². The highest BCUT2D eigenvalue weighted by molar-refractivity contribution is 6.35. The fourth-order valence-corrected chi connectivity index (χ4v) is 4.00. The molecule has 2 heterocycles. The normalized spacial score (nSPS) is 26.6. The number of nitrogens with two attached hydrogens (primary N) is 1. The second-order valence-electron chi connectivity index (χ2n) is 6.16. The maximum atomic E-state index is 6.21. The summed E-state index contributed by atoms with van der Waals surface area (Å²) in [7, 11) is 1.64. The number of methoxy groups -OCH3 is 1. The molecule has 3 rings (SSSR count). The summed E-state index contributed by atoms with van der Waals surface area (Å²) in [5.41, 5.74) is 7.14. The van der Waals surface area contributed by atoms with E-state index in [-0.39, 0.29) is 6.04 Å². The first kappa shape index (κ1) is 17.3. The third kappa shape index (κ3) is 3.92. The van der Waals surface area contributed by atoms with Crippen molar-refractivity contribution >= 4 is 23.2 Å². The van der Waals surface area contributed by atoms with Gasteiger partial charge in [0, 0.05) is 49.4 Å². The predicted octanol–water partition coefficient (Wildman–Crippen LogP) is 1.85. The van der Waals surface area contributed by atoms with Crippen molar-refractivity contribution in [2.75, 3.05) is 46.5 Å². The maximum Gasteiger partial charge on any atom is 0.142 e. The van der Waals surface area contributed by atoms with Crippen molar-refractivity contribution in [2.24, 2.45) is 5.73 Å². The van der Waals surface area contributed by atoms with Gasteiger partial charge in [0.2, 0.25) is 0 Å². The monoisotopic (exact) mass is 359 g/mol. The lowest BCUT2D eigenvalue weighted by atomic mass is 10.1. The third-order valence-corrected chi connectivity index (χ3v) is 5.15. The predicted molar refractivity (Wildman–Crippen MR) is 92.4 cm³/mol. The summed E-state index contributed by atoms with van der Waals surface area (Å²) in [4.78, 5) is 4.83. The number of hydrogen-bond acceptors (Lipinski definition) is 5. The number of piperazine rings is 1. The number of halogens is 2. The molecule has 1 aromatic rings. The van der Waals surface area contributed by atoms with Gasteiger partial charge >= 0.3 is 0 Å². The third-order valence-electron chi connectivity index (χ3n) is 4.65. The van der Waals surface area contributed by atoms with Crippen LogP contribution in [-0.4, -0.2) is 68.4 Å². The van der Waals surface area contributed by atoms with Crippen LogP contribution in [0.25, 0.3) is 0 Å². The standard InChI is InChI=1S/C16H23Cl2N3O2/c1-22-16-11(6-12(17)7-13(16)18)8-20-2-4-21(5-3-20)15-10-23-9-14(15)19/h6-7,14-15H,2-5,8-10,19H2,1H3/t14-,15-/m1/s1. The average molecular weight is 360 g/mol. The number of nitrogens with zero attached hydrogens (tertiary/aromatic N) is 2. The molecular weight excluding hydrogens is 337 g/mol. The van der Waals surface area contributed by atoms with Crippen molar-refractivity contribution in [3.8, 4) is 5.75 Å². The Labute approximate surface area is 147 Å². The molecule has 0 amide bonds. The van der Waals surface area contributed by atoms with Crippen LogP contribution in [0, 0.1) is 0 Å². The fourth-order valence-electron chi connectivity index (χ4n) is 3.39. The van der Waals surface area contributed by atoms with Crippen molar-refractivity contribution in [2.45, 2.75) is 18.6 Å². The lowest BCUT2D eigenvalue weighted by Gasteiger charge is -2.38. The van der Waals surface area contributed by atoms with Gasteiger partial charge in [-0.05, 0) is 12.1 Å². The zero-order chi connectivity index (χ0) is 16.4. The Morgan fingerprint density at radius 3 is 2.57 bits per heavy atom. The Hall–Kier alpha value is -0.560. The van der Waals surface area contributed by atoms with Gasteiger partial charge in [-0.1, -0.05) is 23.2 Å². The molecule has 2 fully saturated rings. The van der Waals surface area contributed by atoms with Crippen LogP contribution in [0.2, 0.25) is 10.0 Å². The first-order valence-corrected chi connectivity index (χ1v) is 8.65. The highest BCUT2D eigenvalue weighted by Gasteiger charge is 2.32. The van der Waals surface area contributed by atoms with Crippen LogP contribution in [0.15, 0.2) is 12.1 Å². The second kappa shape index (κ2) is 7.55. The molecule has 2 saturated heterocycles. The molecule has 0 radical (unpaired) electrons. The van der Waals surface area contributed by atoms with Crippen molar-refractivity contribution in [3.05, 3.63) is 27.7 Å². The lowest BCUT2D eigenvalue weighted by molar-refractivity contribution is 0.0786. The molecule has 2 aliphatic rings. The molecule has 2 aliphatic heterocycles. The smallest absolute Gasteiger partial charge is 0.142 e. The van der Waals surface area contributed by atoms with Gasteiger partial charge < -0.3 is 15.2 Å². The van der Waals surface area contributed by atoms with E-state index in [9.17, 15) is 0 Å². The minimum Gasteiger partial charge on any atom is -0.495 e. The summed E-state index contributed by atoms with van der Waals surface area (Å²) in [6.07, 6.45) is 0. The summed E-state index contributed by atoms with van der Waals surface area (Å²) < 4.78 is 10.9. The van der Waals surface area contributed by atoms with Crippen molar-refractivity contribution in [1.82, 2.24) is 9.80 Å². The van der Waals surface area contributed by atoms with E-state index in [2.05, 4.69) is 9.80 Å². The van der Waals surface area contributed by atoms with E-state index in [1.165, 1.54) is 0 Å². The summed E-state index contributed by atoms with van der Waals surface area (Å²) in [5, 5.41) is 1.20. The van der Waals surface area contributed by atoms with E-state index in [4.69, 9.17) is 38.4 Å². The number of rotatable bonds is 4. The van der Waals surface area contributed by atoms with E-state index in [0.717, 1.165) is 44.9 Å². The zero-order valence-electron chi connectivity index (χ0n) is 13.3. The summed E-state index contributed by atoms with van der Waals surface area (Å²) >= 11 is 12.3. The SMILES string of the molecule is COc1c(Cl)cc(Cl)cc1CN1CCN([C@@H]2COC[C@H]2N)CC1. The van der Waals surface area contributed by atoms with Gasteiger partial charge in [0.1, 0.15) is 5.75 Å². The van der Waals surface area contributed by atoms with Gasteiger partial charge in [-0.25, -0.2) is 0 Å². The Bertz CT molecular complexity index is 550. The molecule has 2 N–H and O–H groups in total.